The molecule has 0 amide bonds. The molecule has 14 aromatic carbocycles. The second-order valence-electron chi connectivity index (χ2n) is 24.0. The fourth-order valence-electron chi connectivity index (χ4n) is 13.3. The summed E-state index contributed by atoms with van der Waals surface area (Å²) in [6.07, 6.45) is 29.7. The van der Waals surface area contributed by atoms with Crippen LogP contribution in [0.25, 0.3) is 32.9 Å². The predicted molar refractivity (Wildman–Crippen MR) is 433 cm³/mol. The molecule has 0 N–H and O–H groups in total. The summed E-state index contributed by atoms with van der Waals surface area (Å²) in [6.45, 7) is 0. The van der Waals surface area contributed by atoms with Gasteiger partial charge in [0.05, 0.1) is 0 Å². The van der Waals surface area contributed by atoms with Crippen molar-refractivity contribution >= 4 is 117 Å². The van der Waals surface area contributed by atoms with Crippen molar-refractivity contribution in [2.75, 3.05) is 0 Å². The van der Waals surface area contributed by atoms with E-state index in [4.69, 9.17) is 25.7 Å². The van der Waals surface area contributed by atoms with Gasteiger partial charge in [0.2, 0.25) is 0 Å². The van der Waals surface area contributed by atoms with Crippen LogP contribution in [0.15, 0.2) is 364 Å². The van der Waals surface area contributed by atoms with Gasteiger partial charge >= 0.3 is 89.5 Å². The molecule has 103 heavy (non-hydrogen) atoms. The van der Waals surface area contributed by atoms with E-state index in [2.05, 4.69) is 332 Å². The third kappa shape index (κ3) is 18.7. The Morgan fingerprint density at radius 2 is 0.437 bits per heavy atom. The number of aromatic nitrogens is 1. The normalized spacial score (nSPS) is 10.5. The molecule has 0 saturated carbocycles. The number of hydrogen-bond donors (Lipinski definition) is 0. The van der Waals surface area contributed by atoms with Crippen molar-refractivity contribution in [3.63, 3.8) is 0 Å². The van der Waals surface area contributed by atoms with Crippen molar-refractivity contribution < 1.29 is 89.5 Å². The molecule has 0 unspecified atom stereocenters. The summed E-state index contributed by atoms with van der Waals surface area (Å²) < 4.78 is 2.12. The molecule has 510 valence electrons. The predicted octanol–water partition coefficient (Wildman–Crippen LogP) is 15.7. The molecule has 0 saturated heterocycles. The minimum atomic E-state index is -1.14. The maximum atomic E-state index is 7.21. The molecule has 1 aliphatic rings. The summed E-state index contributed by atoms with van der Waals surface area (Å²) in [5.74, 6) is 9.65. The van der Waals surface area contributed by atoms with E-state index in [1.54, 1.807) is 0 Å². The smallest absolute Gasteiger partial charge is 0.366 e. The van der Waals surface area contributed by atoms with Crippen molar-refractivity contribution in [2.45, 2.75) is 6.42 Å². The molecule has 1 nitrogen and oxygen atoms in total. The van der Waals surface area contributed by atoms with Crippen molar-refractivity contribution in [2.24, 2.45) is 7.05 Å². The molecule has 1 aromatic heterocycles. The van der Waals surface area contributed by atoms with Gasteiger partial charge in [-0.15, -0.1) is 70.8 Å². The van der Waals surface area contributed by atoms with Gasteiger partial charge in [0.1, 0.15) is 95.3 Å². The molecule has 1 heterocycles. The molecular formula is C94H69Au4NP4+4. The zero-order valence-electron chi connectivity index (χ0n) is 56.0. The summed E-state index contributed by atoms with van der Waals surface area (Å²) in [5, 5.41) is 19.6. The standard InChI is InChI=1S/2C30H24P2.C17H9N.C17H8.4Au/c2*1-5-15-25(16-6-1)31(26-17-7-2-8-18-26)29-23-13-14-24-30(29)32(27-19-9-3-10-20-27)28-21-11-4-12-22-28;1-4-12-6-8-16-14(10-12)15-11-13(5-2)7-9-17(15)18(16)3;1-3-12-5-7-14-11-15-8-6-13(4-2)10-17(15)16(14)9-12;;;;/h2*1-24H;6-11H,3H3;5-10H,11H2;;;;/q;;2*-2;4*+1/p+4. The second kappa shape index (κ2) is 39.1. The Morgan fingerprint density at radius 3 is 0.650 bits per heavy atom. The third-order valence-corrected chi connectivity index (χ3v) is 29.6. The first-order valence-electron chi connectivity index (χ1n) is 33.0. The number of rotatable bonds is 12. The average molecular weight is 2120 g/mol. The number of fused-ring (bicyclic) bond motifs is 6. The number of hydrogen-bond acceptors (Lipinski definition) is 0. The van der Waals surface area contributed by atoms with E-state index in [1.807, 2.05) is 67.7 Å². The largest absolute Gasteiger partial charge is 1.00 e. The van der Waals surface area contributed by atoms with Gasteiger partial charge < -0.3 is 30.3 Å². The topological polar surface area (TPSA) is 4.93 Å². The minimum absolute atomic E-state index is 0. The van der Waals surface area contributed by atoms with Gasteiger partial charge in [0.15, 0.2) is 0 Å². The number of aryl methyl sites for hydroxylation is 1. The Morgan fingerprint density at radius 1 is 0.243 bits per heavy atom. The van der Waals surface area contributed by atoms with E-state index >= 15 is 0 Å². The zero-order valence-corrected chi connectivity index (χ0v) is 68.7. The van der Waals surface area contributed by atoms with Crippen molar-refractivity contribution in [1.82, 2.24) is 4.57 Å². The van der Waals surface area contributed by atoms with Gasteiger partial charge in [-0.2, -0.15) is 0 Å². The SMILES string of the molecule is [Au+].[Au+].[Au+].[Au+].[C-]#Cc1ccc2c(c1)-c1cc(C#[C-])ccc1C2.[C-]#Cc1ccc2c(c1)c1cc(C#[C-])ccc1n2C.c1ccc([PH+](c2ccccc2)c2ccccc2[PH+](c2ccccc2)c2ccccc2)cc1.c1ccc([PH+](c2ccccc2)c2ccccc2[PH+](c2ccccc2)c2ccccc2)cc1. The monoisotopic (exact) mass is 2120 g/mol. The van der Waals surface area contributed by atoms with Crippen LogP contribution in [-0.2, 0) is 103 Å². The van der Waals surface area contributed by atoms with E-state index in [0.29, 0.717) is 0 Å². The Labute approximate surface area is 675 Å². The van der Waals surface area contributed by atoms with Crippen LogP contribution in [0.4, 0.5) is 0 Å². The third-order valence-electron chi connectivity index (χ3n) is 17.9. The van der Waals surface area contributed by atoms with E-state index in [9.17, 15) is 0 Å². The Balaban J connectivity index is 0.000000163. The average Bonchev–Trinajstić information content (AvgIpc) is 1.73. The van der Waals surface area contributed by atoms with Gasteiger partial charge in [0.25, 0.3) is 0 Å². The van der Waals surface area contributed by atoms with Crippen LogP contribution < -0.4 is 63.7 Å². The van der Waals surface area contributed by atoms with E-state index in [0.717, 1.165) is 61.6 Å². The first-order chi connectivity index (χ1) is 48.9. The van der Waals surface area contributed by atoms with Crippen LogP contribution in [-0.4, -0.2) is 4.57 Å². The summed E-state index contributed by atoms with van der Waals surface area (Å²) in [5.41, 5.74) is 10.2. The molecule has 0 atom stereocenters. The summed E-state index contributed by atoms with van der Waals surface area (Å²) in [6, 6.07) is 130. The molecule has 0 spiro atoms. The van der Waals surface area contributed by atoms with Crippen molar-refractivity contribution in [1.29, 1.82) is 0 Å². The van der Waals surface area contributed by atoms with Gasteiger partial charge in [-0.1, -0.05) is 194 Å². The Bertz CT molecular complexity index is 4720. The minimum Gasteiger partial charge on any atom is -0.366 e. The molecule has 9 heteroatoms. The van der Waals surface area contributed by atoms with Crippen LogP contribution in [0.1, 0.15) is 33.4 Å². The van der Waals surface area contributed by atoms with Crippen LogP contribution in [0, 0.1) is 49.4 Å². The maximum absolute atomic E-state index is 7.21. The van der Waals surface area contributed by atoms with Gasteiger partial charge in [-0.3, -0.25) is 23.7 Å². The second-order valence-corrected chi connectivity index (χ2v) is 33.7. The van der Waals surface area contributed by atoms with E-state index < -0.39 is 31.7 Å². The summed E-state index contributed by atoms with van der Waals surface area (Å²) in [4.78, 5) is 0. The molecule has 0 fully saturated rings. The van der Waals surface area contributed by atoms with Crippen molar-refractivity contribution in [3.8, 4) is 34.8 Å². The van der Waals surface area contributed by atoms with Gasteiger partial charge in [0, 0.05) is 18.1 Å². The molecule has 1 aliphatic carbocycles. The van der Waals surface area contributed by atoms with Gasteiger partial charge in [-0.05, 0) is 161 Å². The molecule has 0 radical (unpaired) electrons. The molecule has 16 rings (SSSR count). The van der Waals surface area contributed by atoms with Crippen LogP contribution in [0.2, 0.25) is 0 Å². The van der Waals surface area contributed by atoms with E-state index in [-0.39, 0.29) is 89.5 Å². The van der Waals surface area contributed by atoms with Gasteiger partial charge in [-0.25, -0.2) is 0 Å². The summed E-state index contributed by atoms with van der Waals surface area (Å²) >= 11 is 0. The quantitative estimate of drug-likeness (QED) is 0.0497. The van der Waals surface area contributed by atoms with E-state index in [1.165, 1.54) is 74.8 Å². The maximum Gasteiger partial charge on any atom is 1.00 e. The summed E-state index contributed by atoms with van der Waals surface area (Å²) in [7, 11) is -2.54. The van der Waals surface area contributed by atoms with Crippen LogP contribution in [0.3, 0.4) is 0 Å². The number of benzene rings is 14. The van der Waals surface area contributed by atoms with Crippen molar-refractivity contribution in [3.05, 3.63) is 423 Å². The fourth-order valence-corrected chi connectivity index (χ4v) is 25.3. The Kier molecular flexibility index (Phi) is 29.9. The number of nitrogens with zero attached hydrogens (tertiary/aromatic N) is 1. The molecule has 0 bridgehead atoms. The first-order valence-corrected chi connectivity index (χ1v) is 39.0. The van der Waals surface area contributed by atoms with Crippen LogP contribution in [0.5, 0.6) is 0 Å². The zero-order chi connectivity index (χ0) is 67.7. The Hall–Kier alpha value is -8.20. The molecule has 15 aromatic rings. The molecule has 0 aliphatic heterocycles. The first kappa shape index (κ1) is 78.9. The van der Waals surface area contributed by atoms with Crippen LogP contribution >= 0.6 is 31.7 Å². The fraction of sp³-hybridized carbons (Fsp3) is 0.0213. The molecular weight excluding hydrogens is 2050 g/mol.